The number of carbonyl (C=O) groups excluding carboxylic acids is 2. The predicted octanol–water partition coefficient (Wildman–Crippen LogP) is 3.18. The van der Waals surface area contributed by atoms with E-state index in [0.29, 0.717) is 16.3 Å². The molecule has 0 N–H and O–H groups in total. The van der Waals surface area contributed by atoms with Gasteiger partial charge in [0.1, 0.15) is 0 Å². The zero-order valence-corrected chi connectivity index (χ0v) is 14.7. The van der Waals surface area contributed by atoms with Gasteiger partial charge in [-0.1, -0.05) is 17.7 Å². The summed E-state index contributed by atoms with van der Waals surface area (Å²) in [6.45, 7) is 0.219. The van der Waals surface area contributed by atoms with Crippen molar-refractivity contribution in [3.63, 3.8) is 0 Å². The molecule has 1 aliphatic rings. The number of benzene rings is 2. The van der Waals surface area contributed by atoms with E-state index in [0.717, 1.165) is 0 Å². The van der Waals surface area contributed by atoms with E-state index in [2.05, 4.69) is 0 Å². The zero-order valence-electron chi connectivity index (χ0n) is 13.9. The topological polar surface area (TPSA) is 79.6 Å². The summed E-state index contributed by atoms with van der Waals surface area (Å²) in [5, 5.41) is 9.44. The molecular weight excluding hydrogens is 356 g/mol. The summed E-state index contributed by atoms with van der Waals surface area (Å²) in [4.78, 5) is 26.3. The molecule has 0 spiro atoms. The summed E-state index contributed by atoms with van der Waals surface area (Å²) in [7, 11) is 1.42. The normalized spacial score (nSPS) is 16.3. The van der Waals surface area contributed by atoms with Crippen LogP contribution in [0.15, 0.2) is 42.5 Å². The molecule has 2 aromatic carbocycles. The van der Waals surface area contributed by atoms with Gasteiger partial charge in [-0.05, 0) is 30.3 Å². The molecule has 0 bridgehead atoms. The molecule has 1 fully saturated rings. The van der Waals surface area contributed by atoms with Gasteiger partial charge >= 0.3 is 5.97 Å². The Bertz CT molecular complexity index is 907. The number of nitriles is 1. The van der Waals surface area contributed by atoms with E-state index in [-0.39, 0.29) is 30.4 Å². The van der Waals surface area contributed by atoms with Crippen molar-refractivity contribution in [2.45, 2.75) is 6.42 Å². The first-order chi connectivity index (χ1) is 12.5. The Morgan fingerprint density at radius 1 is 1.27 bits per heavy atom. The number of carbonyl (C=O) groups is 2. The number of hydrogen-bond donors (Lipinski definition) is 0. The van der Waals surface area contributed by atoms with Crippen LogP contribution in [0.4, 0.5) is 5.69 Å². The van der Waals surface area contributed by atoms with Crippen molar-refractivity contribution in [3.8, 4) is 17.6 Å². The Kier molecular flexibility index (Phi) is 5.10. The molecule has 1 unspecified atom stereocenters. The van der Waals surface area contributed by atoms with Gasteiger partial charge in [0.15, 0.2) is 11.5 Å². The van der Waals surface area contributed by atoms with E-state index in [1.807, 2.05) is 6.07 Å². The van der Waals surface area contributed by atoms with Crippen LogP contribution in [0.3, 0.4) is 0 Å². The van der Waals surface area contributed by atoms with Crippen molar-refractivity contribution in [2.75, 3.05) is 18.6 Å². The Morgan fingerprint density at radius 2 is 2.08 bits per heavy atom. The maximum atomic E-state index is 12.5. The first-order valence-electron chi connectivity index (χ1n) is 7.87. The average Bonchev–Trinajstić information content (AvgIpc) is 3.04. The maximum absolute atomic E-state index is 12.5. The number of methoxy groups -OCH3 is 1. The van der Waals surface area contributed by atoms with E-state index in [1.165, 1.54) is 30.2 Å². The second-order valence-corrected chi connectivity index (χ2v) is 6.22. The van der Waals surface area contributed by atoms with Gasteiger partial charge in [0.25, 0.3) is 0 Å². The molecule has 1 atom stereocenters. The molecule has 7 heteroatoms. The van der Waals surface area contributed by atoms with Crippen molar-refractivity contribution in [2.24, 2.45) is 5.92 Å². The maximum Gasteiger partial charge on any atom is 0.316 e. The average molecular weight is 371 g/mol. The highest BCUT2D eigenvalue weighted by Gasteiger charge is 2.36. The molecule has 1 saturated heterocycles. The Labute approximate surface area is 155 Å². The Balaban J connectivity index is 1.74. The standard InChI is InChI=1S/C19H15ClN2O4/c1-25-17-7-12(10-21)5-6-16(17)26-19(24)13-8-18(23)22(11-13)15-4-2-3-14(20)9-15/h2-7,9,13H,8,11H2,1H3. The lowest BCUT2D eigenvalue weighted by Crippen LogP contribution is -2.27. The van der Waals surface area contributed by atoms with Crippen LogP contribution in [0, 0.1) is 17.2 Å². The summed E-state index contributed by atoms with van der Waals surface area (Å²) in [6.07, 6.45) is 0.0595. The van der Waals surface area contributed by atoms with Crippen LogP contribution in [0.2, 0.25) is 5.02 Å². The predicted molar refractivity (Wildman–Crippen MR) is 95.3 cm³/mol. The molecule has 0 aromatic heterocycles. The molecule has 0 radical (unpaired) electrons. The molecule has 6 nitrogen and oxygen atoms in total. The number of nitrogens with zero attached hydrogens (tertiary/aromatic N) is 2. The van der Waals surface area contributed by atoms with Crippen LogP contribution < -0.4 is 14.4 Å². The van der Waals surface area contributed by atoms with Crippen LogP contribution in [0.5, 0.6) is 11.5 Å². The van der Waals surface area contributed by atoms with Crippen molar-refractivity contribution < 1.29 is 19.1 Å². The third-order valence-electron chi connectivity index (χ3n) is 4.08. The fourth-order valence-corrected chi connectivity index (χ4v) is 2.96. The summed E-state index contributed by atoms with van der Waals surface area (Å²) in [6, 6.07) is 13.4. The van der Waals surface area contributed by atoms with E-state index in [4.69, 9.17) is 26.3 Å². The lowest BCUT2D eigenvalue weighted by Gasteiger charge is -2.17. The number of rotatable bonds is 4. The van der Waals surface area contributed by atoms with Gasteiger partial charge < -0.3 is 14.4 Å². The van der Waals surface area contributed by atoms with Crippen LogP contribution in [-0.2, 0) is 9.59 Å². The fourth-order valence-electron chi connectivity index (χ4n) is 2.77. The van der Waals surface area contributed by atoms with Gasteiger partial charge in [0.05, 0.1) is 24.7 Å². The SMILES string of the molecule is COc1cc(C#N)ccc1OC(=O)C1CC(=O)N(c2cccc(Cl)c2)C1. The molecule has 1 heterocycles. The lowest BCUT2D eigenvalue weighted by atomic mass is 10.1. The first kappa shape index (κ1) is 17.8. The van der Waals surface area contributed by atoms with Crippen LogP contribution in [0.1, 0.15) is 12.0 Å². The molecule has 0 saturated carbocycles. The van der Waals surface area contributed by atoms with Gasteiger partial charge in [-0.15, -0.1) is 0 Å². The smallest absolute Gasteiger partial charge is 0.316 e. The summed E-state index contributed by atoms with van der Waals surface area (Å²) in [5.41, 5.74) is 1.04. The number of anilines is 1. The van der Waals surface area contributed by atoms with Crippen molar-refractivity contribution in [3.05, 3.63) is 53.1 Å². The minimum absolute atomic E-state index is 0.0595. The number of halogens is 1. The molecular formula is C19H15ClN2O4. The monoisotopic (exact) mass is 370 g/mol. The second-order valence-electron chi connectivity index (χ2n) is 5.78. The first-order valence-corrected chi connectivity index (χ1v) is 8.25. The van der Waals surface area contributed by atoms with E-state index < -0.39 is 11.9 Å². The Morgan fingerprint density at radius 3 is 2.77 bits per heavy atom. The molecule has 2 aromatic rings. The molecule has 1 amide bonds. The van der Waals surface area contributed by atoms with Crippen LogP contribution >= 0.6 is 11.6 Å². The van der Waals surface area contributed by atoms with E-state index >= 15 is 0 Å². The lowest BCUT2D eigenvalue weighted by molar-refractivity contribution is -0.139. The number of amides is 1. The van der Waals surface area contributed by atoms with Gasteiger partial charge in [0.2, 0.25) is 5.91 Å². The molecule has 0 aliphatic carbocycles. The second kappa shape index (κ2) is 7.46. The third kappa shape index (κ3) is 3.63. The number of esters is 1. The largest absolute Gasteiger partial charge is 0.493 e. The van der Waals surface area contributed by atoms with Crippen LogP contribution in [0.25, 0.3) is 0 Å². The summed E-state index contributed by atoms with van der Waals surface area (Å²) >= 11 is 5.97. The van der Waals surface area contributed by atoms with Gasteiger partial charge in [0, 0.05) is 29.7 Å². The van der Waals surface area contributed by atoms with Gasteiger partial charge in [-0.25, -0.2) is 0 Å². The molecule has 26 heavy (non-hydrogen) atoms. The van der Waals surface area contributed by atoms with Crippen molar-refractivity contribution in [1.29, 1.82) is 5.26 Å². The highest BCUT2D eigenvalue weighted by atomic mass is 35.5. The van der Waals surface area contributed by atoms with Crippen LogP contribution in [-0.4, -0.2) is 25.5 Å². The third-order valence-corrected chi connectivity index (χ3v) is 4.32. The van der Waals surface area contributed by atoms with Gasteiger partial charge in [-0.2, -0.15) is 5.26 Å². The summed E-state index contributed by atoms with van der Waals surface area (Å²) in [5.74, 6) is -0.785. The molecule has 3 rings (SSSR count). The zero-order chi connectivity index (χ0) is 18.7. The molecule has 132 valence electrons. The van der Waals surface area contributed by atoms with Crippen molar-refractivity contribution in [1.82, 2.24) is 0 Å². The quantitative estimate of drug-likeness (QED) is 0.610. The van der Waals surface area contributed by atoms with Crippen molar-refractivity contribution >= 4 is 29.2 Å². The molecule has 1 aliphatic heterocycles. The summed E-state index contributed by atoms with van der Waals surface area (Å²) < 4.78 is 10.6. The number of ether oxygens (including phenoxy) is 2. The minimum Gasteiger partial charge on any atom is -0.493 e. The minimum atomic E-state index is -0.596. The number of hydrogen-bond acceptors (Lipinski definition) is 5. The highest BCUT2D eigenvalue weighted by molar-refractivity contribution is 6.31. The van der Waals surface area contributed by atoms with Gasteiger partial charge in [-0.3, -0.25) is 9.59 Å². The van der Waals surface area contributed by atoms with E-state index in [9.17, 15) is 9.59 Å². The highest BCUT2D eigenvalue weighted by Crippen LogP contribution is 2.31. The fraction of sp³-hybridized carbons (Fsp3) is 0.211. The Hall–Kier alpha value is -3.04. The van der Waals surface area contributed by atoms with E-state index in [1.54, 1.807) is 24.3 Å².